The van der Waals surface area contributed by atoms with E-state index in [1.165, 1.54) is 29.5 Å². The van der Waals surface area contributed by atoms with E-state index in [9.17, 15) is 18.8 Å². The van der Waals surface area contributed by atoms with Crippen molar-refractivity contribution in [3.8, 4) is 0 Å². The van der Waals surface area contributed by atoms with Gasteiger partial charge in [-0.25, -0.2) is 9.18 Å². The predicted octanol–water partition coefficient (Wildman–Crippen LogP) is 4.00. The number of rotatable bonds is 5. The minimum atomic E-state index is -0.771. The second-order valence-corrected chi connectivity index (χ2v) is 7.67. The van der Waals surface area contributed by atoms with E-state index in [1.807, 2.05) is 13.8 Å². The number of carbonyl (C=O) groups excluding carboxylic acids is 3. The third-order valence-electron chi connectivity index (χ3n) is 4.65. The Morgan fingerprint density at radius 1 is 1.36 bits per heavy atom. The van der Waals surface area contributed by atoms with Crippen molar-refractivity contribution in [2.24, 2.45) is 0 Å². The highest BCUT2D eigenvalue weighted by Gasteiger charge is 2.32. The van der Waals surface area contributed by atoms with Gasteiger partial charge in [0.1, 0.15) is 10.8 Å². The number of hydrogen-bond donors (Lipinski definition) is 2. The zero-order valence-electron chi connectivity index (χ0n) is 15.8. The number of ether oxygens (including phenoxy) is 1. The minimum absolute atomic E-state index is 0.0514. The van der Waals surface area contributed by atoms with E-state index < -0.39 is 23.6 Å². The van der Waals surface area contributed by atoms with E-state index in [1.54, 1.807) is 6.92 Å². The molecule has 8 heteroatoms. The fourth-order valence-electron chi connectivity index (χ4n) is 3.38. The molecule has 1 aliphatic rings. The Bertz CT molecular complexity index is 954. The fourth-order valence-corrected chi connectivity index (χ4v) is 4.52. The molecule has 6 nitrogen and oxygen atoms in total. The molecule has 0 bridgehead atoms. The number of thiophene rings is 1. The highest BCUT2D eigenvalue weighted by atomic mass is 32.1. The minimum Gasteiger partial charge on any atom is -0.462 e. The average Bonchev–Trinajstić information content (AvgIpc) is 2.95. The number of nitrogens with one attached hydrogen (secondary N) is 2. The molecule has 0 radical (unpaired) electrons. The summed E-state index contributed by atoms with van der Waals surface area (Å²) < 4.78 is 18.6. The Morgan fingerprint density at radius 3 is 2.79 bits per heavy atom. The summed E-state index contributed by atoms with van der Waals surface area (Å²) in [6.45, 7) is 5.76. The maximum Gasteiger partial charge on any atom is 0.341 e. The van der Waals surface area contributed by atoms with Gasteiger partial charge in [-0.2, -0.15) is 0 Å². The molecular formula is C20H21FN2O4S. The Hall–Kier alpha value is -2.74. The summed E-state index contributed by atoms with van der Waals surface area (Å²) in [4.78, 5) is 38.3. The fraction of sp³-hybridized carbons (Fsp3) is 0.350. The number of esters is 1. The summed E-state index contributed by atoms with van der Waals surface area (Å²) in [6, 6.07) is 3.95. The number of fused-ring (bicyclic) bond motifs is 1. The van der Waals surface area contributed by atoms with Crippen LogP contribution in [0, 0.1) is 12.7 Å². The van der Waals surface area contributed by atoms with E-state index in [0.29, 0.717) is 28.2 Å². The van der Waals surface area contributed by atoms with Crippen LogP contribution in [0.25, 0.3) is 0 Å². The van der Waals surface area contributed by atoms with Crippen molar-refractivity contribution in [2.75, 3.05) is 17.2 Å². The smallest absolute Gasteiger partial charge is 0.341 e. The van der Waals surface area contributed by atoms with Gasteiger partial charge in [-0.1, -0.05) is 13.0 Å². The van der Waals surface area contributed by atoms with E-state index in [0.717, 1.165) is 10.4 Å². The lowest BCUT2D eigenvalue weighted by Crippen LogP contribution is -2.31. The summed E-state index contributed by atoms with van der Waals surface area (Å²) in [7, 11) is 0. The van der Waals surface area contributed by atoms with Crippen molar-refractivity contribution in [2.45, 2.75) is 39.5 Å². The summed E-state index contributed by atoms with van der Waals surface area (Å²) in [5, 5.41) is 5.79. The maximum absolute atomic E-state index is 13.5. The van der Waals surface area contributed by atoms with Crippen LogP contribution in [0.15, 0.2) is 18.2 Å². The van der Waals surface area contributed by atoms with Crippen molar-refractivity contribution >= 4 is 39.8 Å². The van der Waals surface area contributed by atoms with Crippen LogP contribution in [0.4, 0.5) is 15.1 Å². The van der Waals surface area contributed by atoms with Gasteiger partial charge in [-0.3, -0.25) is 9.59 Å². The van der Waals surface area contributed by atoms with E-state index in [2.05, 4.69) is 10.6 Å². The molecule has 2 aromatic rings. The number of carbonyl (C=O) groups is 3. The van der Waals surface area contributed by atoms with Crippen molar-refractivity contribution in [3.63, 3.8) is 0 Å². The van der Waals surface area contributed by atoms with E-state index in [4.69, 9.17) is 4.74 Å². The third-order valence-corrected chi connectivity index (χ3v) is 5.71. The summed E-state index contributed by atoms with van der Waals surface area (Å²) in [5.74, 6) is -2.53. The number of hydrogen-bond acceptors (Lipinski definition) is 5. The molecule has 2 heterocycles. The number of benzene rings is 1. The highest BCUT2D eigenvalue weighted by molar-refractivity contribution is 7.16. The van der Waals surface area contributed by atoms with Crippen LogP contribution in [0.5, 0.6) is 0 Å². The van der Waals surface area contributed by atoms with Crippen molar-refractivity contribution in [1.29, 1.82) is 0 Å². The van der Waals surface area contributed by atoms with Gasteiger partial charge in [0.05, 0.1) is 18.1 Å². The summed E-state index contributed by atoms with van der Waals surface area (Å²) >= 11 is 1.30. The molecule has 2 amide bonds. The Morgan fingerprint density at radius 2 is 2.11 bits per heavy atom. The topological polar surface area (TPSA) is 84.5 Å². The molecule has 28 heavy (non-hydrogen) atoms. The molecule has 0 spiro atoms. The molecule has 1 aromatic carbocycles. The van der Waals surface area contributed by atoms with Gasteiger partial charge < -0.3 is 15.4 Å². The van der Waals surface area contributed by atoms with Crippen LogP contribution in [-0.4, -0.2) is 24.4 Å². The third kappa shape index (κ3) is 3.77. The van der Waals surface area contributed by atoms with Gasteiger partial charge >= 0.3 is 5.97 Å². The maximum atomic E-state index is 13.5. The molecule has 0 fully saturated rings. The molecule has 0 aliphatic carbocycles. The normalized spacial score (nSPS) is 15.6. The Balaban J connectivity index is 1.94. The molecule has 1 aromatic heterocycles. The molecule has 148 valence electrons. The standard InChI is InChI=1S/C20H21FN2O4S/c1-4-12-10(3)28-19(17(12)20(26)27-5-2)23-18(25)14-9-16(24)22-15-8-11(21)6-7-13(14)15/h6-8,14H,4-5,9H2,1-3H3,(H,22,24)(H,23,25). The van der Waals surface area contributed by atoms with Crippen LogP contribution in [0.2, 0.25) is 0 Å². The lowest BCUT2D eigenvalue weighted by Gasteiger charge is -2.24. The summed E-state index contributed by atoms with van der Waals surface area (Å²) in [6.07, 6.45) is 0.574. The molecule has 3 rings (SSSR count). The predicted molar refractivity (Wildman–Crippen MR) is 105 cm³/mol. The lowest BCUT2D eigenvalue weighted by atomic mass is 9.89. The summed E-state index contributed by atoms with van der Waals surface area (Å²) in [5.41, 5.74) is 2.03. The molecule has 1 unspecified atom stereocenters. The molecule has 2 N–H and O–H groups in total. The van der Waals surface area contributed by atoms with Crippen molar-refractivity contribution in [1.82, 2.24) is 0 Å². The van der Waals surface area contributed by atoms with Crippen LogP contribution < -0.4 is 10.6 Å². The second kappa shape index (κ2) is 8.10. The van der Waals surface area contributed by atoms with Crippen molar-refractivity contribution in [3.05, 3.63) is 45.6 Å². The first-order valence-corrected chi connectivity index (χ1v) is 9.86. The number of amides is 2. The van der Waals surface area contributed by atoms with Gasteiger partial charge in [0.2, 0.25) is 11.8 Å². The Labute approximate surface area is 166 Å². The van der Waals surface area contributed by atoms with Gasteiger partial charge in [0, 0.05) is 17.0 Å². The first-order chi connectivity index (χ1) is 13.3. The highest BCUT2D eigenvalue weighted by Crippen LogP contribution is 2.37. The van der Waals surface area contributed by atoms with Gasteiger partial charge in [0.25, 0.3) is 0 Å². The zero-order chi connectivity index (χ0) is 20.4. The van der Waals surface area contributed by atoms with Crippen LogP contribution >= 0.6 is 11.3 Å². The number of aryl methyl sites for hydroxylation is 1. The van der Waals surface area contributed by atoms with Gasteiger partial charge in [-0.05, 0) is 43.5 Å². The van der Waals surface area contributed by atoms with Crippen molar-refractivity contribution < 1.29 is 23.5 Å². The average molecular weight is 404 g/mol. The first-order valence-electron chi connectivity index (χ1n) is 9.05. The lowest BCUT2D eigenvalue weighted by molar-refractivity contribution is -0.123. The largest absolute Gasteiger partial charge is 0.462 e. The molecule has 1 aliphatic heterocycles. The van der Waals surface area contributed by atoms with Crippen LogP contribution in [-0.2, 0) is 20.7 Å². The second-order valence-electron chi connectivity index (χ2n) is 6.44. The molecule has 1 atom stereocenters. The molecular weight excluding hydrogens is 383 g/mol. The molecule has 0 saturated heterocycles. The Kier molecular flexibility index (Phi) is 5.79. The molecule has 0 saturated carbocycles. The SMILES string of the molecule is CCOC(=O)c1c(NC(=O)C2CC(=O)Nc3cc(F)ccc32)sc(C)c1CC. The van der Waals surface area contributed by atoms with Gasteiger partial charge in [0.15, 0.2) is 0 Å². The van der Waals surface area contributed by atoms with E-state index >= 15 is 0 Å². The number of anilines is 2. The van der Waals surface area contributed by atoms with Gasteiger partial charge in [-0.15, -0.1) is 11.3 Å². The first kappa shape index (κ1) is 20.0. The van der Waals surface area contributed by atoms with E-state index in [-0.39, 0.29) is 18.9 Å². The van der Waals surface area contributed by atoms with Crippen LogP contribution in [0.1, 0.15) is 52.5 Å². The quantitative estimate of drug-likeness (QED) is 0.738. The monoisotopic (exact) mass is 404 g/mol. The number of halogens is 1. The zero-order valence-corrected chi connectivity index (χ0v) is 16.7. The van der Waals surface area contributed by atoms with Crippen LogP contribution in [0.3, 0.4) is 0 Å².